The zero-order valence-electron chi connectivity index (χ0n) is 16.0. The third kappa shape index (κ3) is 4.75. The van der Waals surface area contributed by atoms with Crippen LogP contribution in [0.4, 0.5) is 13.2 Å². The zero-order chi connectivity index (χ0) is 19.5. The van der Waals surface area contributed by atoms with Crippen LogP contribution in [0, 0.1) is 5.92 Å². The summed E-state index contributed by atoms with van der Waals surface area (Å²) in [6.07, 6.45) is -1.49. The summed E-state index contributed by atoms with van der Waals surface area (Å²) < 4.78 is 44.4. The Kier molecular flexibility index (Phi) is 5.99. The molecule has 0 radical (unpaired) electrons. The van der Waals surface area contributed by atoms with Crippen molar-refractivity contribution in [3.8, 4) is 0 Å². The summed E-state index contributed by atoms with van der Waals surface area (Å²) in [4.78, 5) is 7.03. The van der Waals surface area contributed by atoms with E-state index >= 15 is 0 Å². The van der Waals surface area contributed by atoms with Crippen LogP contribution in [-0.2, 0) is 16.3 Å². The lowest BCUT2D eigenvalue weighted by molar-refractivity contribution is -0.137. The maximum Gasteiger partial charge on any atom is 0.416 e. The first-order valence-corrected chi connectivity index (χ1v) is 9.58. The Morgan fingerprint density at radius 1 is 1.37 bits per heavy atom. The number of guanidine groups is 1. The topological polar surface area (TPSA) is 36.9 Å². The van der Waals surface area contributed by atoms with E-state index in [2.05, 4.69) is 10.2 Å². The summed E-state index contributed by atoms with van der Waals surface area (Å²) in [5.41, 5.74) is -0.0900. The van der Waals surface area contributed by atoms with E-state index in [-0.39, 0.29) is 5.41 Å². The highest BCUT2D eigenvalue weighted by molar-refractivity contribution is 5.80. The summed E-state index contributed by atoms with van der Waals surface area (Å²) in [7, 11) is 1.72. The van der Waals surface area contributed by atoms with Crippen LogP contribution < -0.4 is 5.32 Å². The van der Waals surface area contributed by atoms with Gasteiger partial charge in [-0.2, -0.15) is 13.2 Å². The summed E-state index contributed by atoms with van der Waals surface area (Å²) in [6.45, 7) is 5.87. The van der Waals surface area contributed by atoms with Crippen LogP contribution in [-0.4, -0.2) is 50.8 Å². The molecule has 27 heavy (non-hydrogen) atoms. The van der Waals surface area contributed by atoms with E-state index in [0.29, 0.717) is 12.5 Å². The predicted molar refractivity (Wildman–Crippen MR) is 99.9 cm³/mol. The standard InChI is InChI=1S/C20H28F3N3O/c1-3-24-18(26-10-7-15(12-26)13-27-2)25-14-19(8-9-19)16-5-4-6-17(11-16)20(21,22)23/h4-6,11,15H,3,7-10,12-14H2,1-2H3,(H,24,25). The Hall–Kier alpha value is -1.76. The van der Waals surface area contributed by atoms with Crippen molar-refractivity contribution in [2.45, 2.75) is 37.8 Å². The number of alkyl halides is 3. The molecule has 150 valence electrons. The second-order valence-corrected chi connectivity index (χ2v) is 7.59. The average molecular weight is 383 g/mol. The number of nitrogens with zero attached hydrogens (tertiary/aromatic N) is 2. The minimum atomic E-state index is -4.31. The molecule has 1 heterocycles. The van der Waals surface area contributed by atoms with Gasteiger partial charge in [0.1, 0.15) is 0 Å². The molecule has 2 fully saturated rings. The molecule has 1 saturated heterocycles. The van der Waals surface area contributed by atoms with Crippen LogP contribution in [0.25, 0.3) is 0 Å². The van der Waals surface area contributed by atoms with Gasteiger partial charge in [-0.1, -0.05) is 18.2 Å². The minimum Gasteiger partial charge on any atom is -0.384 e. The van der Waals surface area contributed by atoms with E-state index in [1.165, 1.54) is 12.1 Å². The van der Waals surface area contributed by atoms with E-state index in [4.69, 9.17) is 9.73 Å². The van der Waals surface area contributed by atoms with Crippen molar-refractivity contribution < 1.29 is 17.9 Å². The van der Waals surface area contributed by atoms with Gasteiger partial charge in [0.2, 0.25) is 0 Å². The first-order valence-electron chi connectivity index (χ1n) is 9.58. The van der Waals surface area contributed by atoms with Crippen LogP contribution >= 0.6 is 0 Å². The van der Waals surface area contributed by atoms with Gasteiger partial charge < -0.3 is 15.0 Å². The van der Waals surface area contributed by atoms with Gasteiger partial charge in [0.25, 0.3) is 0 Å². The fourth-order valence-corrected chi connectivity index (χ4v) is 3.76. The third-order valence-corrected chi connectivity index (χ3v) is 5.51. The van der Waals surface area contributed by atoms with Crippen LogP contribution in [0.5, 0.6) is 0 Å². The lowest BCUT2D eigenvalue weighted by Gasteiger charge is -2.23. The van der Waals surface area contributed by atoms with Crippen molar-refractivity contribution in [1.29, 1.82) is 0 Å². The number of halogens is 3. The van der Waals surface area contributed by atoms with Crippen LogP contribution in [0.2, 0.25) is 0 Å². The first kappa shape index (κ1) is 20.0. The number of nitrogens with one attached hydrogen (secondary N) is 1. The van der Waals surface area contributed by atoms with Crippen LogP contribution in [0.1, 0.15) is 37.3 Å². The van der Waals surface area contributed by atoms with Gasteiger partial charge in [-0.05, 0) is 37.8 Å². The molecule has 3 rings (SSSR count). The largest absolute Gasteiger partial charge is 0.416 e. The molecule has 7 heteroatoms. The Bertz CT molecular complexity index is 671. The van der Waals surface area contributed by atoms with Gasteiger partial charge in [0, 0.05) is 38.1 Å². The second kappa shape index (κ2) is 8.09. The monoisotopic (exact) mass is 383 g/mol. The number of likely N-dealkylation sites (tertiary alicyclic amines) is 1. The van der Waals surface area contributed by atoms with E-state index in [1.807, 2.05) is 6.92 Å². The fourth-order valence-electron chi connectivity index (χ4n) is 3.76. The Labute approximate surface area is 158 Å². The van der Waals surface area contributed by atoms with Crippen LogP contribution in [0.15, 0.2) is 29.3 Å². The van der Waals surface area contributed by atoms with Crippen molar-refractivity contribution in [3.05, 3.63) is 35.4 Å². The van der Waals surface area contributed by atoms with Crippen molar-refractivity contribution in [2.75, 3.05) is 39.9 Å². The fraction of sp³-hybridized carbons (Fsp3) is 0.650. The molecule has 1 aliphatic carbocycles. The quantitative estimate of drug-likeness (QED) is 0.602. The summed E-state index contributed by atoms with van der Waals surface area (Å²) in [5, 5.41) is 3.33. The van der Waals surface area contributed by atoms with Crippen molar-refractivity contribution in [2.24, 2.45) is 10.9 Å². The molecule has 1 saturated carbocycles. The van der Waals surface area contributed by atoms with Gasteiger partial charge in [-0.15, -0.1) is 0 Å². The molecular formula is C20H28F3N3O. The number of aliphatic imine (C=N–C) groups is 1. The zero-order valence-corrected chi connectivity index (χ0v) is 16.0. The van der Waals surface area contributed by atoms with Crippen molar-refractivity contribution in [1.82, 2.24) is 10.2 Å². The molecule has 2 aliphatic rings. The highest BCUT2D eigenvalue weighted by Crippen LogP contribution is 2.49. The second-order valence-electron chi connectivity index (χ2n) is 7.59. The molecule has 0 aromatic heterocycles. The number of methoxy groups -OCH3 is 1. The number of ether oxygens (including phenoxy) is 1. The molecule has 1 N–H and O–H groups in total. The predicted octanol–water partition coefficient (Wildman–Crippen LogP) is 3.67. The highest BCUT2D eigenvalue weighted by Gasteiger charge is 2.45. The van der Waals surface area contributed by atoms with Gasteiger partial charge in [0.15, 0.2) is 5.96 Å². The van der Waals surface area contributed by atoms with E-state index in [0.717, 1.165) is 63.1 Å². The summed E-state index contributed by atoms with van der Waals surface area (Å²) >= 11 is 0. The summed E-state index contributed by atoms with van der Waals surface area (Å²) in [5.74, 6) is 1.35. The van der Waals surface area contributed by atoms with Crippen molar-refractivity contribution >= 4 is 5.96 Å². The highest BCUT2D eigenvalue weighted by atomic mass is 19.4. The Balaban J connectivity index is 1.73. The lowest BCUT2D eigenvalue weighted by Crippen LogP contribution is -2.40. The Morgan fingerprint density at radius 2 is 2.15 bits per heavy atom. The van der Waals surface area contributed by atoms with Crippen LogP contribution in [0.3, 0.4) is 0 Å². The number of rotatable bonds is 6. The van der Waals surface area contributed by atoms with Crippen molar-refractivity contribution in [3.63, 3.8) is 0 Å². The normalized spacial score (nSPS) is 22.2. The molecule has 0 amide bonds. The minimum absolute atomic E-state index is 0.256. The summed E-state index contributed by atoms with van der Waals surface area (Å²) in [6, 6.07) is 5.73. The molecule has 0 bridgehead atoms. The smallest absolute Gasteiger partial charge is 0.384 e. The van der Waals surface area contributed by atoms with Gasteiger partial charge in [-0.3, -0.25) is 4.99 Å². The maximum absolute atomic E-state index is 13.0. The maximum atomic E-state index is 13.0. The van der Waals surface area contributed by atoms with E-state index in [9.17, 15) is 13.2 Å². The Morgan fingerprint density at radius 3 is 2.78 bits per heavy atom. The lowest BCUT2D eigenvalue weighted by atomic mass is 9.94. The molecule has 1 aromatic rings. The number of hydrogen-bond acceptors (Lipinski definition) is 2. The molecule has 1 aromatic carbocycles. The molecule has 0 spiro atoms. The van der Waals surface area contributed by atoms with Gasteiger partial charge in [-0.25, -0.2) is 0 Å². The molecule has 4 nitrogen and oxygen atoms in total. The van der Waals surface area contributed by atoms with Gasteiger partial charge in [0.05, 0.1) is 18.7 Å². The first-order chi connectivity index (χ1) is 12.9. The van der Waals surface area contributed by atoms with E-state index in [1.54, 1.807) is 13.2 Å². The van der Waals surface area contributed by atoms with Gasteiger partial charge >= 0.3 is 6.18 Å². The third-order valence-electron chi connectivity index (χ3n) is 5.51. The number of benzene rings is 1. The molecule has 1 unspecified atom stereocenters. The average Bonchev–Trinajstić information content (AvgIpc) is 3.29. The van der Waals surface area contributed by atoms with E-state index < -0.39 is 11.7 Å². The molecule has 1 atom stereocenters. The molecule has 1 aliphatic heterocycles. The SMILES string of the molecule is CCNC(=NCC1(c2cccc(C(F)(F)F)c2)CC1)N1CCC(COC)C1. The number of hydrogen-bond donors (Lipinski definition) is 1. The molecular weight excluding hydrogens is 355 g/mol.